The van der Waals surface area contributed by atoms with Crippen LogP contribution >= 0.6 is 0 Å². The molecule has 0 radical (unpaired) electrons. The van der Waals surface area contributed by atoms with Gasteiger partial charge in [-0.05, 0) is 88.1 Å². The summed E-state index contributed by atoms with van der Waals surface area (Å²) in [5.74, 6) is 0. The van der Waals surface area contributed by atoms with Crippen molar-refractivity contribution >= 4 is 34.5 Å². The van der Waals surface area contributed by atoms with E-state index in [1.165, 1.54) is 9.47 Å². The zero-order chi connectivity index (χ0) is 31.8. The lowest BCUT2D eigenvalue weighted by atomic mass is 9.95. The number of hydrogen-bond donors (Lipinski definition) is 1. The molecule has 2 aromatic carbocycles. The molecule has 1 saturated carbocycles. The fourth-order valence-corrected chi connectivity index (χ4v) is 6.31. The van der Waals surface area contributed by atoms with Crippen LogP contribution < -0.4 is 31.3 Å². The number of amides is 2. The van der Waals surface area contributed by atoms with Crippen LogP contribution in [0.3, 0.4) is 0 Å². The van der Waals surface area contributed by atoms with Crippen LogP contribution in [-0.4, -0.2) is 42.4 Å². The van der Waals surface area contributed by atoms with Crippen molar-refractivity contribution in [1.82, 2.24) is 9.13 Å². The first-order valence-electron chi connectivity index (χ1n) is 16.3. The maximum absolute atomic E-state index is 14.4. The summed E-state index contributed by atoms with van der Waals surface area (Å²) in [6.07, 6.45) is 8.83. The second-order valence-corrected chi connectivity index (χ2v) is 11.9. The van der Waals surface area contributed by atoms with Gasteiger partial charge in [-0.2, -0.15) is 0 Å². The molecule has 1 fully saturated rings. The Labute approximate surface area is 262 Å². The van der Waals surface area contributed by atoms with E-state index in [0.29, 0.717) is 24.2 Å². The number of hydrogen-bond acceptors (Lipinski definition) is 5. The van der Waals surface area contributed by atoms with Gasteiger partial charge in [0.05, 0.1) is 5.69 Å². The van der Waals surface area contributed by atoms with Gasteiger partial charge in [-0.3, -0.25) is 18.8 Å². The molecule has 238 valence electrons. The predicted octanol–water partition coefficient (Wildman–Crippen LogP) is 7.55. The standard InChI is InChI=1S/C35H50N6O3/c1-7-14-27(8-2)41-33(42)32(25-39(35(41)44)30-15-12-11-13-16-30)40(31-23-21-29(22-24-31)38(9-3)10-4)34(43)36-26-17-19-28(20-18-26)37(5)6/h17-25,27,30H,7-16H2,1-6H3,(H,36,43). The van der Waals surface area contributed by atoms with Gasteiger partial charge in [-0.25, -0.2) is 9.59 Å². The Morgan fingerprint density at radius 2 is 1.45 bits per heavy atom. The summed E-state index contributed by atoms with van der Waals surface area (Å²) >= 11 is 0. The highest BCUT2D eigenvalue weighted by Gasteiger charge is 2.29. The summed E-state index contributed by atoms with van der Waals surface area (Å²) in [5, 5.41) is 3.02. The summed E-state index contributed by atoms with van der Waals surface area (Å²) in [6.45, 7) is 10.0. The van der Waals surface area contributed by atoms with Gasteiger partial charge in [0, 0.05) is 62.5 Å². The van der Waals surface area contributed by atoms with Gasteiger partial charge in [0.25, 0.3) is 5.56 Å². The Morgan fingerprint density at radius 1 is 0.864 bits per heavy atom. The third-order valence-corrected chi connectivity index (χ3v) is 8.87. The molecule has 1 heterocycles. The molecule has 1 aromatic heterocycles. The first-order chi connectivity index (χ1) is 21.2. The van der Waals surface area contributed by atoms with Crippen LogP contribution in [0.5, 0.6) is 0 Å². The molecule has 0 aliphatic heterocycles. The number of carbonyl (C=O) groups excluding carboxylic acids is 1. The third kappa shape index (κ3) is 7.20. The molecule has 9 heteroatoms. The molecule has 1 N–H and O–H groups in total. The van der Waals surface area contributed by atoms with Crippen LogP contribution in [0, 0.1) is 0 Å². The lowest BCUT2D eigenvalue weighted by Gasteiger charge is -2.30. The zero-order valence-corrected chi connectivity index (χ0v) is 27.4. The molecule has 1 atom stereocenters. The van der Waals surface area contributed by atoms with Crippen molar-refractivity contribution in [2.24, 2.45) is 0 Å². The van der Waals surface area contributed by atoms with E-state index in [4.69, 9.17) is 0 Å². The molecule has 9 nitrogen and oxygen atoms in total. The van der Waals surface area contributed by atoms with E-state index < -0.39 is 11.6 Å². The Kier molecular flexibility index (Phi) is 11.3. The molecule has 1 aliphatic rings. The Hall–Kier alpha value is -4.01. The molecular formula is C35H50N6O3. The van der Waals surface area contributed by atoms with Crippen molar-refractivity contribution in [2.45, 2.75) is 91.1 Å². The molecule has 0 bridgehead atoms. The Balaban J connectivity index is 1.90. The number of nitrogens with one attached hydrogen (secondary N) is 1. The first-order valence-corrected chi connectivity index (χ1v) is 16.3. The quantitative estimate of drug-likeness (QED) is 0.231. The van der Waals surface area contributed by atoms with Gasteiger partial charge in [-0.1, -0.05) is 39.5 Å². The lowest BCUT2D eigenvalue weighted by Crippen LogP contribution is -2.46. The lowest BCUT2D eigenvalue weighted by molar-refractivity contribution is 0.258. The monoisotopic (exact) mass is 602 g/mol. The Bertz CT molecular complexity index is 1480. The SMILES string of the molecule is CCCC(CC)n1c(=O)c(N(C(=O)Nc2ccc(N(C)C)cc2)c2ccc(N(CC)CC)cc2)cn(C2CCCCC2)c1=O. The molecule has 3 aromatic rings. The second-order valence-electron chi connectivity index (χ2n) is 11.9. The number of rotatable bonds is 12. The van der Waals surface area contributed by atoms with Gasteiger partial charge >= 0.3 is 11.7 Å². The van der Waals surface area contributed by atoms with E-state index in [-0.39, 0.29) is 23.5 Å². The minimum atomic E-state index is -0.459. The van der Waals surface area contributed by atoms with Crippen molar-refractivity contribution in [1.29, 1.82) is 0 Å². The summed E-state index contributed by atoms with van der Waals surface area (Å²) in [4.78, 5) is 48.3. The van der Waals surface area contributed by atoms with Gasteiger partial charge in [0.1, 0.15) is 5.69 Å². The molecule has 44 heavy (non-hydrogen) atoms. The van der Waals surface area contributed by atoms with Crippen molar-refractivity contribution in [3.63, 3.8) is 0 Å². The van der Waals surface area contributed by atoms with E-state index >= 15 is 0 Å². The van der Waals surface area contributed by atoms with Crippen molar-refractivity contribution in [3.8, 4) is 0 Å². The number of urea groups is 1. The maximum atomic E-state index is 14.4. The summed E-state index contributed by atoms with van der Waals surface area (Å²) < 4.78 is 3.16. The van der Waals surface area contributed by atoms with Crippen LogP contribution in [0.1, 0.15) is 91.1 Å². The van der Waals surface area contributed by atoms with E-state index in [9.17, 15) is 14.4 Å². The van der Waals surface area contributed by atoms with Crippen molar-refractivity contribution in [3.05, 3.63) is 75.6 Å². The minimum absolute atomic E-state index is 0.00508. The minimum Gasteiger partial charge on any atom is -0.378 e. The van der Waals surface area contributed by atoms with Crippen LogP contribution in [-0.2, 0) is 0 Å². The number of benzene rings is 2. The van der Waals surface area contributed by atoms with Gasteiger partial charge in [-0.15, -0.1) is 0 Å². The molecule has 0 saturated heterocycles. The summed E-state index contributed by atoms with van der Waals surface area (Å²) in [5.41, 5.74) is 2.69. The smallest absolute Gasteiger partial charge is 0.331 e. The van der Waals surface area contributed by atoms with Gasteiger partial charge < -0.3 is 15.1 Å². The van der Waals surface area contributed by atoms with E-state index in [1.54, 1.807) is 10.8 Å². The first kappa shape index (κ1) is 32.9. The highest BCUT2D eigenvalue weighted by molar-refractivity contribution is 6.07. The van der Waals surface area contributed by atoms with Crippen LogP contribution in [0.15, 0.2) is 64.3 Å². The molecular weight excluding hydrogens is 552 g/mol. The molecule has 0 spiro atoms. The summed E-state index contributed by atoms with van der Waals surface area (Å²) in [6, 6.07) is 14.6. The number of carbonyl (C=O) groups is 1. The normalized spacial score (nSPS) is 14.2. The largest absolute Gasteiger partial charge is 0.378 e. The summed E-state index contributed by atoms with van der Waals surface area (Å²) in [7, 11) is 3.93. The molecule has 1 unspecified atom stereocenters. The fourth-order valence-electron chi connectivity index (χ4n) is 6.31. The highest BCUT2D eigenvalue weighted by atomic mass is 16.2. The fraction of sp³-hybridized carbons (Fsp3) is 0.514. The van der Waals surface area contributed by atoms with Gasteiger partial charge in [0.2, 0.25) is 0 Å². The van der Waals surface area contributed by atoms with Crippen LogP contribution in [0.2, 0.25) is 0 Å². The average molecular weight is 603 g/mol. The number of aromatic nitrogens is 2. The van der Waals surface area contributed by atoms with E-state index in [1.807, 2.05) is 74.4 Å². The maximum Gasteiger partial charge on any atom is 0.331 e. The predicted molar refractivity (Wildman–Crippen MR) is 183 cm³/mol. The van der Waals surface area contributed by atoms with Crippen LogP contribution in [0.25, 0.3) is 0 Å². The van der Waals surface area contributed by atoms with Gasteiger partial charge in [0.15, 0.2) is 0 Å². The van der Waals surface area contributed by atoms with Crippen molar-refractivity contribution < 1.29 is 4.79 Å². The third-order valence-electron chi connectivity index (χ3n) is 8.87. The molecule has 2 amide bonds. The second kappa shape index (κ2) is 15.1. The van der Waals surface area contributed by atoms with E-state index in [2.05, 4.69) is 31.0 Å². The average Bonchev–Trinajstić information content (AvgIpc) is 3.03. The van der Waals surface area contributed by atoms with Crippen molar-refractivity contribution in [2.75, 3.05) is 47.2 Å². The van der Waals surface area contributed by atoms with E-state index in [0.717, 1.165) is 63.0 Å². The van der Waals surface area contributed by atoms with Crippen LogP contribution in [0.4, 0.5) is 33.2 Å². The number of anilines is 5. The Morgan fingerprint density at radius 3 is 2.00 bits per heavy atom. The zero-order valence-electron chi connectivity index (χ0n) is 27.4. The molecule has 4 rings (SSSR count). The highest BCUT2D eigenvalue weighted by Crippen LogP contribution is 2.31. The topological polar surface area (TPSA) is 82.8 Å². The molecule has 1 aliphatic carbocycles. The number of nitrogens with zero attached hydrogens (tertiary/aromatic N) is 5.